The first-order chi connectivity index (χ1) is 8.27. The number of aromatic nitrogens is 2. The predicted molar refractivity (Wildman–Crippen MR) is 70.7 cm³/mol. The molecule has 3 rings (SSSR count). The van der Waals surface area contributed by atoms with Crippen LogP contribution in [0.4, 0.5) is 5.69 Å². The molecule has 0 saturated heterocycles. The van der Waals surface area contributed by atoms with Crippen molar-refractivity contribution < 1.29 is 0 Å². The second kappa shape index (κ2) is 3.63. The molecule has 3 nitrogen and oxygen atoms in total. The first-order valence-electron chi connectivity index (χ1n) is 5.56. The number of hydrogen-bond donors (Lipinski definition) is 2. The number of fused-ring (bicyclic) bond motifs is 1. The number of nitrogen functional groups attached to an aromatic ring is 1. The lowest BCUT2D eigenvalue weighted by molar-refractivity contribution is 1.12. The lowest BCUT2D eigenvalue weighted by Crippen LogP contribution is -1.88. The minimum atomic E-state index is 0.759. The number of aromatic amines is 1. The summed E-state index contributed by atoms with van der Waals surface area (Å²) < 4.78 is 0. The van der Waals surface area contributed by atoms with E-state index in [0.717, 1.165) is 27.8 Å². The quantitative estimate of drug-likeness (QED) is 0.623. The lowest BCUT2D eigenvalue weighted by atomic mass is 10.0. The van der Waals surface area contributed by atoms with Gasteiger partial charge in [-0.05, 0) is 24.6 Å². The summed E-state index contributed by atoms with van der Waals surface area (Å²) in [7, 11) is 0. The van der Waals surface area contributed by atoms with Crippen molar-refractivity contribution in [2.45, 2.75) is 6.92 Å². The van der Waals surface area contributed by atoms with Crippen LogP contribution in [0.15, 0.2) is 42.5 Å². The molecule has 0 bridgehead atoms. The molecule has 0 aliphatic rings. The largest absolute Gasteiger partial charge is 0.398 e. The Balaban J connectivity index is 2.36. The third-order valence-corrected chi connectivity index (χ3v) is 3.02. The van der Waals surface area contributed by atoms with Crippen LogP contribution in [-0.2, 0) is 0 Å². The van der Waals surface area contributed by atoms with E-state index in [9.17, 15) is 0 Å². The molecule has 84 valence electrons. The molecule has 3 N–H and O–H groups in total. The highest BCUT2D eigenvalue weighted by Crippen LogP contribution is 2.31. The van der Waals surface area contributed by atoms with Crippen LogP contribution in [0.25, 0.3) is 22.2 Å². The van der Waals surface area contributed by atoms with Crippen molar-refractivity contribution in [2.24, 2.45) is 0 Å². The number of aryl methyl sites for hydroxylation is 1. The highest BCUT2D eigenvalue weighted by atomic mass is 15.1. The van der Waals surface area contributed by atoms with E-state index in [1.165, 1.54) is 5.56 Å². The molecular weight excluding hydrogens is 210 g/mol. The molecule has 1 heterocycles. The average molecular weight is 223 g/mol. The maximum Gasteiger partial charge on any atom is 0.102 e. The maximum absolute atomic E-state index is 6.03. The third-order valence-electron chi connectivity index (χ3n) is 3.02. The van der Waals surface area contributed by atoms with Gasteiger partial charge in [-0.3, -0.25) is 5.10 Å². The molecule has 0 atom stereocenters. The zero-order chi connectivity index (χ0) is 11.8. The minimum Gasteiger partial charge on any atom is -0.398 e. The molecule has 0 amide bonds. The first kappa shape index (κ1) is 9.90. The van der Waals surface area contributed by atoms with E-state index in [1.54, 1.807) is 0 Å². The fraction of sp³-hybridized carbons (Fsp3) is 0.0714. The highest BCUT2D eigenvalue weighted by molar-refractivity contribution is 6.01. The van der Waals surface area contributed by atoms with Crippen LogP contribution >= 0.6 is 0 Å². The monoisotopic (exact) mass is 223 g/mol. The number of hydrogen-bond acceptors (Lipinski definition) is 2. The van der Waals surface area contributed by atoms with Gasteiger partial charge in [0, 0.05) is 11.3 Å². The van der Waals surface area contributed by atoms with Gasteiger partial charge in [-0.25, -0.2) is 0 Å². The maximum atomic E-state index is 6.03. The summed E-state index contributed by atoms with van der Waals surface area (Å²) in [5.74, 6) is 0. The summed E-state index contributed by atoms with van der Waals surface area (Å²) in [4.78, 5) is 0. The summed E-state index contributed by atoms with van der Waals surface area (Å²) in [5.41, 5.74) is 11.0. The van der Waals surface area contributed by atoms with Crippen LogP contribution < -0.4 is 5.73 Å². The van der Waals surface area contributed by atoms with Crippen LogP contribution in [0.3, 0.4) is 0 Å². The molecule has 0 saturated carbocycles. The molecule has 3 aromatic rings. The third kappa shape index (κ3) is 1.47. The highest BCUT2D eigenvalue weighted by Gasteiger charge is 2.11. The van der Waals surface area contributed by atoms with Crippen LogP contribution in [-0.4, -0.2) is 10.2 Å². The normalized spacial score (nSPS) is 10.9. The molecule has 0 aliphatic heterocycles. The van der Waals surface area contributed by atoms with Crippen molar-refractivity contribution in [1.29, 1.82) is 0 Å². The van der Waals surface area contributed by atoms with Gasteiger partial charge in [-0.2, -0.15) is 5.10 Å². The van der Waals surface area contributed by atoms with Gasteiger partial charge >= 0.3 is 0 Å². The number of nitrogens with one attached hydrogen (secondary N) is 1. The first-order valence-corrected chi connectivity index (χ1v) is 5.56. The lowest BCUT2D eigenvalue weighted by Gasteiger charge is -2.03. The second-order valence-electron chi connectivity index (χ2n) is 4.16. The fourth-order valence-corrected chi connectivity index (χ4v) is 2.13. The number of anilines is 1. The van der Waals surface area contributed by atoms with Crippen molar-refractivity contribution in [2.75, 3.05) is 5.73 Å². The standard InChI is InChI=1S/C14H13N3/c1-9-5-2-3-6-10(9)14-13-11(15)7-4-8-12(13)16-17-14/h2-8H,15H2,1H3,(H,16,17). The van der Waals surface area contributed by atoms with Crippen molar-refractivity contribution >= 4 is 16.6 Å². The van der Waals surface area contributed by atoms with Crippen LogP contribution in [0.2, 0.25) is 0 Å². The molecule has 0 spiro atoms. The molecular formula is C14H13N3. The SMILES string of the molecule is Cc1ccccc1-c1n[nH]c2cccc(N)c12. The fourth-order valence-electron chi connectivity index (χ4n) is 2.13. The Labute approximate surface area is 99.3 Å². The molecule has 17 heavy (non-hydrogen) atoms. The van der Waals surface area contributed by atoms with Gasteiger partial charge in [-0.1, -0.05) is 30.3 Å². The molecule has 0 radical (unpaired) electrons. The molecule has 0 fully saturated rings. The second-order valence-corrected chi connectivity index (χ2v) is 4.16. The van der Waals surface area contributed by atoms with Crippen LogP contribution in [0.5, 0.6) is 0 Å². The summed E-state index contributed by atoms with van der Waals surface area (Å²) >= 11 is 0. The zero-order valence-corrected chi connectivity index (χ0v) is 9.57. The number of nitrogens with two attached hydrogens (primary N) is 1. The summed E-state index contributed by atoms with van der Waals surface area (Å²) in [6.45, 7) is 2.08. The van der Waals surface area contributed by atoms with E-state index in [4.69, 9.17) is 5.73 Å². The Kier molecular flexibility index (Phi) is 2.11. The summed E-state index contributed by atoms with van der Waals surface area (Å²) in [6, 6.07) is 14.0. The molecule has 0 unspecified atom stereocenters. The van der Waals surface area contributed by atoms with Crippen molar-refractivity contribution in [1.82, 2.24) is 10.2 Å². The molecule has 2 aromatic carbocycles. The minimum absolute atomic E-state index is 0.759. The van der Waals surface area contributed by atoms with Crippen molar-refractivity contribution in [3.05, 3.63) is 48.0 Å². The van der Waals surface area contributed by atoms with E-state index in [2.05, 4.69) is 29.3 Å². The van der Waals surface area contributed by atoms with Gasteiger partial charge < -0.3 is 5.73 Å². The van der Waals surface area contributed by atoms with Gasteiger partial charge in [0.25, 0.3) is 0 Å². The van der Waals surface area contributed by atoms with E-state index in [-0.39, 0.29) is 0 Å². The Morgan fingerprint density at radius 3 is 2.71 bits per heavy atom. The summed E-state index contributed by atoms with van der Waals surface area (Å²) in [6.07, 6.45) is 0. The number of nitrogens with zero attached hydrogens (tertiary/aromatic N) is 1. The number of benzene rings is 2. The Bertz CT molecular complexity index is 683. The summed E-state index contributed by atoms with van der Waals surface area (Å²) in [5, 5.41) is 8.41. The number of rotatable bonds is 1. The van der Waals surface area contributed by atoms with E-state index >= 15 is 0 Å². The Hall–Kier alpha value is -2.29. The van der Waals surface area contributed by atoms with Gasteiger partial charge in [0.2, 0.25) is 0 Å². The topological polar surface area (TPSA) is 54.7 Å². The van der Waals surface area contributed by atoms with Gasteiger partial charge in [0.1, 0.15) is 5.69 Å². The smallest absolute Gasteiger partial charge is 0.102 e. The predicted octanol–water partition coefficient (Wildman–Crippen LogP) is 3.12. The molecule has 3 heteroatoms. The van der Waals surface area contributed by atoms with E-state index in [0.29, 0.717) is 0 Å². The molecule has 1 aromatic heterocycles. The van der Waals surface area contributed by atoms with Crippen molar-refractivity contribution in [3.8, 4) is 11.3 Å². The van der Waals surface area contributed by atoms with Gasteiger partial charge in [0.05, 0.1) is 10.9 Å². The zero-order valence-electron chi connectivity index (χ0n) is 9.57. The van der Waals surface area contributed by atoms with Crippen LogP contribution in [0.1, 0.15) is 5.56 Å². The Morgan fingerprint density at radius 2 is 1.88 bits per heavy atom. The Morgan fingerprint density at radius 1 is 1.06 bits per heavy atom. The van der Waals surface area contributed by atoms with E-state index < -0.39 is 0 Å². The van der Waals surface area contributed by atoms with Gasteiger partial charge in [0.15, 0.2) is 0 Å². The van der Waals surface area contributed by atoms with Crippen molar-refractivity contribution in [3.63, 3.8) is 0 Å². The van der Waals surface area contributed by atoms with Crippen LogP contribution in [0, 0.1) is 6.92 Å². The number of H-pyrrole nitrogens is 1. The average Bonchev–Trinajstić information content (AvgIpc) is 2.75. The van der Waals surface area contributed by atoms with Gasteiger partial charge in [-0.15, -0.1) is 0 Å². The van der Waals surface area contributed by atoms with E-state index in [1.807, 2.05) is 30.3 Å². The molecule has 0 aliphatic carbocycles.